The highest BCUT2D eigenvalue weighted by Crippen LogP contribution is 2.32. The number of alkyl halides is 3. The minimum atomic E-state index is -4.84. The van der Waals surface area contributed by atoms with E-state index >= 15 is 0 Å². The van der Waals surface area contributed by atoms with Crippen molar-refractivity contribution >= 4 is 23.5 Å². The zero-order valence-electron chi connectivity index (χ0n) is 16.3. The molecule has 0 saturated carbocycles. The van der Waals surface area contributed by atoms with Gasteiger partial charge in [-0.15, -0.1) is 13.2 Å². The first-order valence-corrected chi connectivity index (χ1v) is 9.52. The molecule has 1 atom stereocenters. The lowest BCUT2D eigenvalue weighted by atomic mass is 9.92. The van der Waals surface area contributed by atoms with E-state index in [9.17, 15) is 22.8 Å². The molecular formula is C20H14ClF3N4O4. The highest BCUT2D eigenvalue weighted by molar-refractivity contribution is 6.33. The van der Waals surface area contributed by atoms with Gasteiger partial charge in [0, 0.05) is 0 Å². The van der Waals surface area contributed by atoms with E-state index in [1.165, 1.54) is 19.1 Å². The summed E-state index contributed by atoms with van der Waals surface area (Å²) >= 11 is 6.11. The average Bonchev–Trinajstić information content (AvgIpc) is 3.27. The fraction of sp³-hybridized carbons (Fsp3) is 0.200. The van der Waals surface area contributed by atoms with Crippen LogP contribution in [0.2, 0.25) is 5.02 Å². The van der Waals surface area contributed by atoms with Gasteiger partial charge in [0.05, 0.1) is 17.1 Å². The van der Waals surface area contributed by atoms with Crippen LogP contribution in [-0.4, -0.2) is 33.3 Å². The van der Waals surface area contributed by atoms with Crippen molar-refractivity contribution in [2.24, 2.45) is 0 Å². The molecule has 1 fully saturated rings. The Balaban J connectivity index is 1.52. The van der Waals surface area contributed by atoms with Gasteiger partial charge in [0.1, 0.15) is 11.3 Å². The second-order valence-corrected chi connectivity index (χ2v) is 7.42. The SMILES string of the molecule is CC1(c2ccc(OC(F)(F)F)cc2)NC(=O)N(Cc2noc(-c3ccccc3Cl)n2)C1=O. The minimum absolute atomic E-state index is 0.0709. The number of carbonyl (C=O) groups excluding carboxylic acids is 2. The zero-order valence-corrected chi connectivity index (χ0v) is 17.1. The maximum Gasteiger partial charge on any atom is 0.573 e. The number of nitrogens with one attached hydrogen (secondary N) is 1. The minimum Gasteiger partial charge on any atom is -0.406 e. The van der Waals surface area contributed by atoms with Crippen molar-refractivity contribution in [3.05, 3.63) is 64.9 Å². The molecule has 32 heavy (non-hydrogen) atoms. The summed E-state index contributed by atoms with van der Waals surface area (Å²) in [5.41, 5.74) is -0.725. The van der Waals surface area contributed by atoms with Crippen LogP contribution in [0.4, 0.5) is 18.0 Å². The summed E-state index contributed by atoms with van der Waals surface area (Å²) in [6.45, 7) is 1.17. The van der Waals surface area contributed by atoms with Crippen molar-refractivity contribution in [2.75, 3.05) is 0 Å². The first kappa shape index (κ1) is 21.6. The van der Waals surface area contributed by atoms with Crippen LogP contribution in [0.3, 0.4) is 0 Å². The third kappa shape index (κ3) is 4.11. The Morgan fingerprint density at radius 3 is 2.50 bits per heavy atom. The predicted molar refractivity (Wildman–Crippen MR) is 104 cm³/mol. The number of imide groups is 1. The fourth-order valence-corrected chi connectivity index (χ4v) is 3.45. The molecule has 0 spiro atoms. The second-order valence-electron chi connectivity index (χ2n) is 7.01. The van der Waals surface area contributed by atoms with Gasteiger partial charge < -0.3 is 14.6 Å². The molecule has 8 nitrogen and oxygen atoms in total. The molecule has 0 aliphatic carbocycles. The van der Waals surface area contributed by atoms with Crippen molar-refractivity contribution in [1.82, 2.24) is 20.4 Å². The van der Waals surface area contributed by atoms with Gasteiger partial charge in [-0.3, -0.25) is 9.69 Å². The van der Waals surface area contributed by atoms with E-state index in [0.717, 1.165) is 17.0 Å². The number of hydrogen-bond acceptors (Lipinski definition) is 6. The highest BCUT2D eigenvalue weighted by Gasteiger charge is 2.49. The maximum atomic E-state index is 13.0. The molecule has 166 valence electrons. The van der Waals surface area contributed by atoms with Crippen molar-refractivity contribution in [3.8, 4) is 17.2 Å². The molecule has 1 aliphatic rings. The summed E-state index contributed by atoms with van der Waals surface area (Å²) in [5, 5.41) is 6.73. The topological polar surface area (TPSA) is 97.6 Å². The highest BCUT2D eigenvalue weighted by atomic mass is 35.5. The van der Waals surface area contributed by atoms with E-state index in [1.807, 2.05) is 0 Å². The normalized spacial score (nSPS) is 18.7. The summed E-state index contributed by atoms with van der Waals surface area (Å²) in [5.74, 6) is -0.879. The number of amides is 3. The van der Waals surface area contributed by atoms with Crippen molar-refractivity contribution in [3.63, 3.8) is 0 Å². The monoisotopic (exact) mass is 466 g/mol. The molecule has 1 unspecified atom stereocenters. The lowest BCUT2D eigenvalue weighted by molar-refractivity contribution is -0.274. The van der Waals surface area contributed by atoms with Crippen LogP contribution in [0.15, 0.2) is 53.1 Å². The summed E-state index contributed by atoms with van der Waals surface area (Å²) in [6.07, 6.45) is -4.84. The van der Waals surface area contributed by atoms with Gasteiger partial charge in [-0.25, -0.2) is 4.79 Å². The number of carbonyl (C=O) groups is 2. The quantitative estimate of drug-likeness (QED) is 0.564. The summed E-state index contributed by atoms with van der Waals surface area (Å²) in [6, 6.07) is 10.7. The lowest BCUT2D eigenvalue weighted by Crippen LogP contribution is -2.40. The maximum absolute atomic E-state index is 13.0. The molecule has 1 N–H and O–H groups in total. The van der Waals surface area contributed by atoms with Crippen LogP contribution >= 0.6 is 11.6 Å². The third-order valence-corrected chi connectivity index (χ3v) is 5.14. The second kappa shape index (κ2) is 7.83. The molecule has 12 heteroatoms. The number of halogens is 4. The van der Waals surface area contributed by atoms with Crippen LogP contribution in [0, 0.1) is 0 Å². The average molecular weight is 467 g/mol. The molecule has 2 heterocycles. The Labute approximate surface area is 183 Å². The number of hydrogen-bond donors (Lipinski definition) is 1. The molecule has 4 rings (SSSR count). The van der Waals surface area contributed by atoms with Gasteiger partial charge in [0.2, 0.25) is 0 Å². The standard InChI is InChI=1S/C20H14ClF3N4O4/c1-19(11-6-8-12(9-7-11)31-20(22,23)24)17(29)28(18(30)26-19)10-15-25-16(32-27-15)13-4-2-3-5-14(13)21/h2-9H,10H2,1H3,(H,26,30). The molecule has 1 saturated heterocycles. The van der Waals surface area contributed by atoms with Gasteiger partial charge in [-0.2, -0.15) is 4.98 Å². The molecule has 0 radical (unpaired) electrons. The first-order chi connectivity index (χ1) is 15.1. The molecular weight excluding hydrogens is 453 g/mol. The number of nitrogens with zero attached hydrogens (tertiary/aromatic N) is 3. The summed E-state index contributed by atoms with van der Waals surface area (Å²) in [7, 11) is 0. The van der Waals surface area contributed by atoms with Gasteiger partial charge in [-0.05, 0) is 36.8 Å². The predicted octanol–water partition coefficient (Wildman–Crippen LogP) is 4.26. The Morgan fingerprint density at radius 1 is 1.16 bits per heavy atom. The molecule has 0 bridgehead atoms. The lowest BCUT2D eigenvalue weighted by Gasteiger charge is -2.22. The summed E-state index contributed by atoms with van der Waals surface area (Å²) < 4.78 is 46.1. The largest absolute Gasteiger partial charge is 0.573 e. The van der Waals surface area contributed by atoms with Crippen LogP contribution in [-0.2, 0) is 16.9 Å². The third-order valence-electron chi connectivity index (χ3n) is 4.81. The van der Waals surface area contributed by atoms with E-state index in [0.29, 0.717) is 10.6 Å². The Bertz CT molecular complexity index is 1180. The van der Waals surface area contributed by atoms with Crippen LogP contribution < -0.4 is 10.1 Å². The van der Waals surface area contributed by atoms with Crippen LogP contribution in [0.25, 0.3) is 11.5 Å². The van der Waals surface area contributed by atoms with Crippen LogP contribution in [0.5, 0.6) is 5.75 Å². The Kier molecular flexibility index (Phi) is 5.29. The molecule has 1 aromatic heterocycles. The molecule has 3 aromatic rings. The van der Waals surface area contributed by atoms with E-state index in [4.69, 9.17) is 16.1 Å². The smallest absolute Gasteiger partial charge is 0.406 e. The summed E-state index contributed by atoms with van der Waals surface area (Å²) in [4.78, 5) is 30.6. The van der Waals surface area contributed by atoms with Gasteiger partial charge in [0.15, 0.2) is 5.82 Å². The first-order valence-electron chi connectivity index (χ1n) is 9.15. The Hall–Kier alpha value is -3.60. The van der Waals surface area contributed by atoms with Gasteiger partial charge in [0.25, 0.3) is 11.8 Å². The zero-order chi connectivity index (χ0) is 23.1. The van der Waals surface area contributed by atoms with Crippen molar-refractivity contribution < 1.29 is 32.0 Å². The molecule has 1 aliphatic heterocycles. The number of rotatable bonds is 5. The van der Waals surface area contributed by atoms with E-state index < -0.39 is 29.6 Å². The van der Waals surface area contributed by atoms with E-state index in [1.54, 1.807) is 24.3 Å². The van der Waals surface area contributed by atoms with Gasteiger partial charge in [-0.1, -0.05) is 41.0 Å². The molecule has 2 aromatic carbocycles. The number of urea groups is 1. The van der Waals surface area contributed by atoms with E-state index in [-0.39, 0.29) is 23.8 Å². The number of aromatic nitrogens is 2. The van der Waals surface area contributed by atoms with E-state index in [2.05, 4.69) is 20.2 Å². The Morgan fingerprint density at radius 2 is 1.84 bits per heavy atom. The van der Waals surface area contributed by atoms with Gasteiger partial charge >= 0.3 is 12.4 Å². The van der Waals surface area contributed by atoms with Crippen molar-refractivity contribution in [2.45, 2.75) is 25.4 Å². The number of ether oxygens (including phenoxy) is 1. The van der Waals surface area contributed by atoms with Crippen molar-refractivity contribution in [1.29, 1.82) is 0 Å². The fourth-order valence-electron chi connectivity index (χ4n) is 3.23. The van der Waals surface area contributed by atoms with Crippen LogP contribution in [0.1, 0.15) is 18.3 Å². The number of benzene rings is 2. The molecule has 3 amide bonds.